The number of anilines is 1. The van der Waals surface area contributed by atoms with Gasteiger partial charge >= 0.3 is 0 Å². The van der Waals surface area contributed by atoms with Crippen molar-refractivity contribution in [1.29, 1.82) is 0 Å². The van der Waals surface area contributed by atoms with Crippen LogP contribution in [-0.2, 0) is 4.74 Å². The molecule has 5 heteroatoms. The lowest BCUT2D eigenvalue weighted by Gasteiger charge is -2.23. The minimum atomic E-state index is -0.251. The molecule has 0 bridgehead atoms. The molecule has 1 aliphatic rings. The van der Waals surface area contributed by atoms with E-state index in [-0.39, 0.29) is 11.5 Å². The summed E-state index contributed by atoms with van der Waals surface area (Å²) in [5.74, 6) is 0.455. The number of amides is 1. The number of hydrogen-bond acceptors (Lipinski definition) is 4. The predicted molar refractivity (Wildman–Crippen MR) is 77.9 cm³/mol. The van der Waals surface area contributed by atoms with Gasteiger partial charge in [-0.3, -0.25) is 4.79 Å². The van der Waals surface area contributed by atoms with Crippen molar-refractivity contribution < 1.29 is 14.3 Å². The normalized spacial score (nSPS) is 21.7. The summed E-state index contributed by atoms with van der Waals surface area (Å²) in [4.78, 5) is 12.2. The molecule has 0 saturated carbocycles. The number of ether oxygens (including phenoxy) is 2. The molecule has 1 atom stereocenters. The summed E-state index contributed by atoms with van der Waals surface area (Å²) in [7, 11) is 0. The second-order valence-electron chi connectivity index (χ2n) is 5.31. The summed E-state index contributed by atoms with van der Waals surface area (Å²) in [6.45, 7) is 5.71. The first-order valence-corrected chi connectivity index (χ1v) is 6.98. The van der Waals surface area contributed by atoms with Gasteiger partial charge in [-0.2, -0.15) is 0 Å². The first-order chi connectivity index (χ1) is 9.52. The van der Waals surface area contributed by atoms with Gasteiger partial charge in [-0.1, -0.05) is 0 Å². The molecule has 1 aliphatic heterocycles. The monoisotopic (exact) mass is 278 g/mol. The summed E-state index contributed by atoms with van der Waals surface area (Å²) in [6, 6.07) is 5.06. The van der Waals surface area contributed by atoms with Crippen LogP contribution >= 0.6 is 0 Å². The van der Waals surface area contributed by atoms with Crippen molar-refractivity contribution in [1.82, 2.24) is 5.32 Å². The average molecular weight is 278 g/mol. The molecule has 3 N–H and O–H groups in total. The Labute approximate surface area is 119 Å². The molecule has 0 aliphatic carbocycles. The number of carbonyl (C=O) groups excluding carboxylic acids is 1. The number of nitrogens with one attached hydrogen (secondary N) is 1. The van der Waals surface area contributed by atoms with Crippen molar-refractivity contribution in [3.05, 3.63) is 23.8 Å². The van der Waals surface area contributed by atoms with E-state index < -0.39 is 0 Å². The van der Waals surface area contributed by atoms with Gasteiger partial charge in [-0.05, 0) is 38.8 Å². The molecule has 1 saturated heterocycles. The van der Waals surface area contributed by atoms with Gasteiger partial charge in [0.2, 0.25) is 0 Å². The van der Waals surface area contributed by atoms with Crippen molar-refractivity contribution in [3.8, 4) is 5.75 Å². The summed E-state index contributed by atoms with van der Waals surface area (Å²) in [5, 5.41) is 2.90. The van der Waals surface area contributed by atoms with Crippen LogP contribution in [0.1, 0.15) is 37.0 Å². The molecule has 0 aromatic heterocycles. The van der Waals surface area contributed by atoms with E-state index in [4.69, 9.17) is 15.2 Å². The highest BCUT2D eigenvalue weighted by atomic mass is 16.5. The van der Waals surface area contributed by atoms with Crippen LogP contribution in [0.15, 0.2) is 18.2 Å². The van der Waals surface area contributed by atoms with Crippen LogP contribution in [-0.4, -0.2) is 31.3 Å². The molecule has 2 rings (SSSR count). The molecule has 1 unspecified atom stereocenters. The van der Waals surface area contributed by atoms with Gasteiger partial charge in [-0.15, -0.1) is 0 Å². The number of benzene rings is 1. The number of nitrogen functional groups attached to an aromatic ring is 1. The Morgan fingerprint density at radius 3 is 2.95 bits per heavy atom. The van der Waals surface area contributed by atoms with E-state index in [1.807, 2.05) is 13.8 Å². The van der Waals surface area contributed by atoms with E-state index in [1.165, 1.54) is 0 Å². The Balaban J connectivity index is 2.01. The molecule has 1 aromatic carbocycles. The zero-order valence-electron chi connectivity index (χ0n) is 12.1. The molecule has 0 radical (unpaired) electrons. The molecule has 1 fully saturated rings. The maximum Gasteiger partial charge on any atom is 0.251 e. The largest absolute Gasteiger partial charge is 0.494 e. The van der Waals surface area contributed by atoms with Crippen LogP contribution < -0.4 is 15.8 Å². The lowest BCUT2D eigenvalue weighted by molar-refractivity contribution is 0.0206. The molecule has 0 spiro atoms. The molecule has 20 heavy (non-hydrogen) atoms. The number of hydrogen-bond donors (Lipinski definition) is 2. The fourth-order valence-corrected chi connectivity index (χ4v) is 2.35. The number of nitrogens with two attached hydrogens (primary N) is 1. The van der Waals surface area contributed by atoms with Gasteiger partial charge in [0.15, 0.2) is 0 Å². The Morgan fingerprint density at radius 1 is 1.50 bits per heavy atom. The van der Waals surface area contributed by atoms with Crippen LogP contribution in [0.5, 0.6) is 5.75 Å². The third-order valence-electron chi connectivity index (χ3n) is 3.43. The fraction of sp³-hybridized carbons (Fsp3) is 0.533. The highest BCUT2D eigenvalue weighted by Crippen LogP contribution is 2.24. The Bertz CT molecular complexity index is 482. The van der Waals surface area contributed by atoms with Gasteiger partial charge < -0.3 is 20.5 Å². The van der Waals surface area contributed by atoms with Crippen LogP contribution in [0.25, 0.3) is 0 Å². The number of rotatable bonds is 5. The van der Waals surface area contributed by atoms with E-state index >= 15 is 0 Å². The van der Waals surface area contributed by atoms with Crippen LogP contribution in [0, 0.1) is 0 Å². The van der Waals surface area contributed by atoms with Gasteiger partial charge in [-0.25, -0.2) is 0 Å². The lowest BCUT2D eigenvalue weighted by atomic mass is 10.0. The van der Waals surface area contributed by atoms with E-state index in [9.17, 15) is 4.79 Å². The molecule has 1 heterocycles. The van der Waals surface area contributed by atoms with Crippen molar-refractivity contribution in [2.24, 2.45) is 0 Å². The Hall–Kier alpha value is -1.75. The second-order valence-corrected chi connectivity index (χ2v) is 5.31. The summed E-state index contributed by atoms with van der Waals surface area (Å²) >= 11 is 0. The second kappa shape index (κ2) is 6.13. The Kier molecular flexibility index (Phi) is 4.49. The topological polar surface area (TPSA) is 73.6 Å². The quantitative estimate of drug-likeness (QED) is 0.808. The van der Waals surface area contributed by atoms with Crippen LogP contribution in [0.4, 0.5) is 5.69 Å². The van der Waals surface area contributed by atoms with Crippen LogP contribution in [0.2, 0.25) is 0 Å². The molecule has 1 aromatic rings. The first kappa shape index (κ1) is 14.7. The van der Waals surface area contributed by atoms with E-state index in [1.54, 1.807) is 18.2 Å². The molecule has 1 amide bonds. The summed E-state index contributed by atoms with van der Waals surface area (Å²) in [5.41, 5.74) is 6.56. The zero-order valence-corrected chi connectivity index (χ0v) is 12.1. The molecular weight excluding hydrogens is 256 g/mol. The van der Waals surface area contributed by atoms with E-state index in [0.29, 0.717) is 30.2 Å². The first-order valence-electron chi connectivity index (χ1n) is 6.98. The maximum atomic E-state index is 12.2. The van der Waals surface area contributed by atoms with E-state index in [2.05, 4.69) is 5.32 Å². The van der Waals surface area contributed by atoms with Crippen molar-refractivity contribution in [3.63, 3.8) is 0 Å². The third kappa shape index (κ3) is 3.63. The number of carbonyl (C=O) groups is 1. The van der Waals surface area contributed by atoms with Crippen molar-refractivity contribution in [2.75, 3.05) is 25.5 Å². The standard InChI is InChI=1S/C15H22N2O3/c1-3-19-13-8-11(7-12(16)9-13)14(18)17-10-15(2)5-4-6-20-15/h7-9H,3-6,10,16H2,1-2H3,(H,17,18). The molecular formula is C15H22N2O3. The Morgan fingerprint density at radius 2 is 2.30 bits per heavy atom. The van der Waals surface area contributed by atoms with Gasteiger partial charge in [0.1, 0.15) is 5.75 Å². The van der Waals surface area contributed by atoms with Gasteiger partial charge in [0.05, 0.1) is 12.2 Å². The highest BCUT2D eigenvalue weighted by Gasteiger charge is 2.30. The van der Waals surface area contributed by atoms with E-state index in [0.717, 1.165) is 19.4 Å². The lowest BCUT2D eigenvalue weighted by Crippen LogP contribution is -2.40. The smallest absolute Gasteiger partial charge is 0.251 e. The molecule has 110 valence electrons. The predicted octanol–water partition coefficient (Wildman–Crippen LogP) is 1.97. The minimum absolute atomic E-state index is 0.157. The maximum absolute atomic E-state index is 12.2. The third-order valence-corrected chi connectivity index (χ3v) is 3.43. The van der Waals surface area contributed by atoms with Gasteiger partial charge in [0, 0.05) is 30.5 Å². The average Bonchev–Trinajstić information content (AvgIpc) is 2.83. The SMILES string of the molecule is CCOc1cc(N)cc(C(=O)NCC2(C)CCCO2)c1. The van der Waals surface area contributed by atoms with Crippen molar-refractivity contribution in [2.45, 2.75) is 32.3 Å². The molecule has 5 nitrogen and oxygen atoms in total. The minimum Gasteiger partial charge on any atom is -0.494 e. The van der Waals surface area contributed by atoms with Gasteiger partial charge in [0.25, 0.3) is 5.91 Å². The van der Waals surface area contributed by atoms with Crippen LogP contribution in [0.3, 0.4) is 0 Å². The van der Waals surface area contributed by atoms with Crippen molar-refractivity contribution >= 4 is 11.6 Å². The zero-order chi connectivity index (χ0) is 14.6. The summed E-state index contributed by atoms with van der Waals surface area (Å²) in [6.07, 6.45) is 2.01. The highest BCUT2D eigenvalue weighted by molar-refractivity contribution is 5.95. The fourth-order valence-electron chi connectivity index (χ4n) is 2.35. The summed E-state index contributed by atoms with van der Waals surface area (Å²) < 4.78 is 11.0.